The molecule has 0 radical (unpaired) electrons. The average molecular weight is 301 g/mol. The molecule has 0 aliphatic heterocycles. The van der Waals surface area contributed by atoms with E-state index in [1.165, 1.54) is 12.1 Å². The molecule has 3 nitrogen and oxygen atoms in total. The second kappa shape index (κ2) is 7.04. The highest BCUT2D eigenvalue weighted by atomic mass is 32.2. The first-order valence-corrected chi connectivity index (χ1v) is 7.56. The highest BCUT2D eigenvalue weighted by molar-refractivity contribution is 8.00. The van der Waals surface area contributed by atoms with Gasteiger partial charge in [0.05, 0.1) is 11.9 Å². The van der Waals surface area contributed by atoms with Gasteiger partial charge in [0.2, 0.25) is 5.91 Å². The number of aliphatic hydroxyl groups is 1. The van der Waals surface area contributed by atoms with Gasteiger partial charge in [0.1, 0.15) is 11.6 Å². The molecule has 1 aliphatic carbocycles. The van der Waals surface area contributed by atoms with Crippen LogP contribution in [0.1, 0.15) is 19.3 Å². The second-order valence-electron chi connectivity index (χ2n) is 5.00. The zero-order valence-corrected chi connectivity index (χ0v) is 11.8. The predicted molar refractivity (Wildman–Crippen MR) is 73.4 cm³/mol. The van der Waals surface area contributed by atoms with Gasteiger partial charge in [-0.25, -0.2) is 8.78 Å². The van der Waals surface area contributed by atoms with E-state index >= 15 is 0 Å². The average Bonchev–Trinajstić information content (AvgIpc) is 2.81. The Kier molecular flexibility index (Phi) is 5.37. The van der Waals surface area contributed by atoms with Crippen molar-refractivity contribution in [2.45, 2.75) is 30.3 Å². The van der Waals surface area contributed by atoms with Crippen LogP contribution in [-0.2, 0) is 4.79 Å². The van der Waals surface area contributed by atoms with Gasteiger partial charge >= 0.3 is 0 Å². The number of carbonyl (C=O) groups is 1. The summed E-state index contributed by atoms with van der Waals surface area (Å²) in [6.07, 6.45) is 2.18. The zero-order valence-electron chi connectivity index (χ0n) is 10.9. The van der Waals surface area contributed by atoms with Crippen LogP contribution in [0.3, 0.4) is 0 Å². The van der Waals surface area contributed by atoms with E-state index in [2.05, 4.69) is 5.32 Å². The Morgan fingerprint density at radius 1 is 1.40 bits per heavy atom. The van der Waals surface area contributed by atoms with Crippen molar-refractivity contribution in [2.75, 3.05) is 12.3 Å². The summed E-state index contributed by atoms with van der Waals surface area (Å²) in [5.74, 6) is -1.04. The molecule has 2 unspecified atom stereocenters. The Balaban J connectivity index is 1.72. The van der Waals surface area contributed by atoms with Crippen LogP contribution in [0.5, 0.6) is 0 Å². The Morgan fingerprint density at radius 2 is 2.20 bits per heavy atom. The Bertz CT molecular complexity index is 484. The summed E-state index contributed by atoms with van der Waals surface area (Å²) in [6, 6.07) is 3.30. The number of nitrogens with one attached hydrogen (secondary N) is 1. The number of hydrogen-bond donors (Lipinski definition) is 2. The van der Waals surface area contributed by atoms with Gasteiger partial charge in [-0.15, -0.1) is 11.8 Å². The molecule has 0 spiro atoms. The van der Waals surface area contributed by atoms with Crippen LogP contribution < -0.4 is 5.32 Å². The topological polar surface area (TPSA) is 49.3 Å². The van der Waals surface area contributed by atoms with Crippen LogP contribution in [0.15, 0.2) is 23.1 Å². The highest BCUT2D eigenvalue weighted by Gasteiger charge is 2.22. The summed E-state index contributed by atoms with van der Waals surface area (Å²) in [4.78, 5) is 11.9. The largest absolute Gasteiger partial charge is 0.393 e. The normalized spacial score (nSPS) is 21.9. The van der Waals surface area contributed by atoms with Crippen LogP contribution in [0.2, 0.25) is 0 Å². The SMILES string of the molecule is O=C(CSc1ccc(F)cc1F)NCC1CCC(O)C1. The Hall–Kier alpha value is -1.14. The van der Waals surface area contributed by atoms with Gasteiger partial charge in [-0.1, -0.05) is 0 Å². The van der Waals surface area contributed by atoms with E-state index in [0.29, 0.717) is 12.5 Å². The number of halogens is 2. The third-order valence-electron chi connectivity index (χ3n) is 3.35. The minimum Gasteiger partial charge on any atom is -0.393 e. The zero-order chi connectivity index (χ0) is 14.5. The Morgan fingerprint density at radius 3 is 2.85 bits per heavy atom. The van der Waals surface area contributed by atoms with Gasteiger partial charge in [0.25, 0.3) is 0 Å². The third-order valence-corrected chi connectivity index (χ3v) is 4.40. The standard InChI is InChI=1S/C14H17F2NO2S/c15-10-2-4-13(12(16)6-10)20-8-14(19)17-7-9-1-3-11(18)5-9/h2,4,6,9,11,18H,1,3,5,7-8H2,(H,17,19). The molecule has 2 atom stereocenters. The van der Waals surface area contributed by atoms with Gasteiger partial charge in [0.15, 0.2) is 0 Å². The molecule has 0 saturated heterocycles. The first-order valence-electron chi connectivity index (χ1n) is 6.57. The quantitative estimate of drug-likeness (QED) is 0.821. The van der Waals surface area contributed by atoms with Gasteiger partial charge < -0.3 is 10.4 Å². The molecule has 1 aliphatic rings. The lowest BCUT2D eigenvalue weighted by molar-refractivity contribution is -0.118. The molecule has 0 heterocycles. The smallest absolute Gasteiger partial charge is 0.230 e. The van der Waals surface area contributed by atoms with Crippen molar-refractivity contribution in [1.29, 1.82) is 0 Å². The van der Waals surface area contributed by atoms with Crippen LogP contribution in [0.4, 0.5) is 8.78 Å². The fraction of sp³-hybridized carbons (Fsp3) is 0.500. The van der Waals surface area contributed by atoms with Crippen molar-refractivity contribution in [2.24, 2.45) is 5.92 Å². The first kappa shape index (κ1) is 15.3. The number of hydrogen-bond acceptors (Lipinski definition) is 3. The minimum absolute atomic E-state index is 0.0951. The number of amides is 1. The summed E-state index contributed by atoms with van der Waals surface area (Å²) in [6.45, 7) is 0.544. The fourth-order valence-corrected chi connectivity index (χ4v) is 3.03. The van der Waals surface area contributed by atoms with Crippen molar-refractivity contribution in [3.8, 4) is 0 Å². The molecule has 0 aromatic heterocycles. The molecule has 2 N–H and O–H groups in total. The monoisotopic (exact) mass is 301 g/mol. The maximum absolute atomic E-state index is 13.4. The van der Waals surface area contributed by atoms with Crippen molar-refractivity contribution in [3.05, 3.63) is 29.8 Å². The van der Waals surface area contributed by atoms with Crippen LogP contribution in [-0.4, -0.2) is 29.4 Å². The molecule has 110 valence electrons. The molecule has 0 bridgehead atoms. The number of rotatable bonds is 5. The fourth-order valence-electron chi connectivity index (χ4n) is 2.28. The minimum atomic E-state index is -0.651. The maximum Gasteiger partial charge on any atom is 0.230 e. The summed E-state index contributed by atoms with van der Waals surface area (Å²) in [5.41, 5.74) is 0. The molecule has 2 rings (SSSR count). The number of carbonyl (C=O) groups excluding carboxylic acids is 1. The van der Waals surface area contributed by atoms with E-state index in [9.17, 15) is 18.7 Å². The lowest BCUT2D eigenvalue weighted by atomic mass is 10.1. The molecule has 1 aromatic rings. The summed E-state index contributed by atoms with van der Waals surface area (Å²) >= 11 is 1.04. The molecule has 1 aromatic carbocycles. The number of thioether (sulfide) groups is 1. The van der Waals surface area contributed by atoms with Crippen molar-refractivity contribution < 1.29 is 18.7 Å². The third kappa shape index (κ3) is 4.45. The summed E-state index contributed by atoms with van der Waals surface area (Å²) < 4.78 is 26.1. The first-order chi connectivity index (χ1) is 9.54. The van der Waals surface area contributed by atoms with Gasteiger partial charge in [0, 0.05) is 17.5 Å². The summed E-state index contributed by atoms with van der Waals surface area (Å²) in [7, 11) is 0. The van der Waals surface area contributed by atoms with E-state index < -0.39 is 11.6 Å². The van der Waals surface area contributed by atoms with Crippen molar-refractivity contribution >= 4 is 17.7 Å². The molecular weight excluding hydrogens is 284 g/mol. The van der Waals surface area contributed by atoms with Crippen molar-refractivity contribution in [3.63, 3.8) is 0 Å². The van der Waals surface area contributed by atoms with E-state index in [4.69, 9.17) is 0 Å². The number of aliphatic hydroxyl groups excluding tert-OH is 1. The van der Waals surface area contributed by atoms with Crippen LogP contribution in [0, 0.1) is 17.6 Å². The van der Waals surface area contributed by atoms with Crippen LogP contribution in [0.25, 0.3) is 0 Å². The Labute approximate surface area is 120 Å². The van der Waals surface area contributed by atoms with Gasteiger partial charge in [-0.05, 0) is 37.3 Å². The summed E-state index contributed by atoms with van der Waals surface area (Å²) in [5, 5.41) is 12.2. The lowest BCUT2D eigenvalue weighted by Crippen LogP contribution is -2.30. The highest BCUT2D eigenvalue weighted by Crippen LogP contribution is 2.25. The van der Waals surface area contributed by atoms with Crippen LogP contribution >= 0.6 is 11.8 Å². The maximum atomic E-state index is 13.4. The molecule has 1 fully saturated rings. The van der Waals surface area contributed by atoms with E-state index in [0.717, 1.165) is 37.1 Å². The van der Waals surface area contributed by atoms with Gasteiger partial charge in [-0.3, -0.25) is 4.79 Å². The molecule has 1 amide bonds. The van der Waals surface area contributed by atoms with E-state index in [1.807, 2.05) is 0 Å². The van der Waals surface area contributed by atoms with Gasteiger partial charge in [-0.2, -0.15) is 0 Å². The second-order valence-corrected chi connectivity index (χ2v) is 6.02. The predicted octanol–water partition coefficient (Wildman–Crippen LogP) is 2.33. The molecular formula is C14H17F2NO2S. The van der Waals surface area contributed by atoms with Crippen molar-refractivity contribution in [1.82, 2.24) is 5.32 Å². The molecule has 6 heteroatoms. The lowest BCUT2D eigenvalue weighted by Gasteiger charge is -2.10. The molecule has 1 saturated carbocycles. The van der Waals surface area contributed by atoms with E-state index in [1.54, 1.807) is 0 Å². The molecule has 20 heavy (non-hydrogen) atoms. The van der Waals surface area contributed by atoms with E-state index in [-0.39, 0.29) is 22.7 Å². The number of benzene rings is 1.